The third-order valence-electron chi connectivity index (χ3n) is 3.75. The van der Waals surface area contributed by atoms with Crippen molar-refractivity contribution in [1.82, 2.24) is 0 Å². The molecule has 3 rings (SSSR count). The number of aliphatic hydroxyl groups is 3. The van der Waals surface area contributed by atoms with Crippen LogP contribution in [-0.4, -0.2) is 26.2 Å². The molecule has 0 radical (unpaired) electrons. The summed E-state index contributed by atoms with van der Waals surface area (Å²) in [5.41, 5.74) is 0.323. The second-order valence-corrected chi connectivity index (χ2v) is 5.30. The maximum Gasteiger partial charge on any atom is 0.339 e. The lowest BCUT2D eigenvalue weighted by Gasteiger charge is -2.33. The third-order valence-corrected chi connectivity index (χ3v) is 3.75. The highest BCUT2D eigenvalue weighted by Crippen LogP contribution is 2.44. The fraction of sp³-hybridized carbons (Fsp3) is 0.188. The molecular formula is C16H14O6. The Balaban J connectivity index is 2.21. The first-order valence-electron chi connectivity index (χ1n) is 6.60. The number of aromatic hydroxyl groups is 1. The zero-order valence-corrected chi connectivity index (χ0v) is 11.6. The summed E-state index contributed by atoms with van der Waals surface area (Å²) in [6.07, 6.45) is 5.70. The highest BCUT2D eigenvalue weighted by atomic mass is 16.5. The lowest BCUT2D eigenvalue weighted by atomic mass is 9.78. The van der Waals surface area contributed by atoms with Crippen LogP contribution in [-0.2, 0) is 0 Å². The average molecular weight is 302 g/mol. The molecule has 0 saturated heterocycles. The SMILES string of the molecule is CC1=C2C(=CC=CC2(O)O)C=C(O)C1c1cc(O)cc(=O)o1. The standard InChI is InChI=1S/C16H14O6/c1-8-14(12-6-10(17)7-13(19)22-12)11(18)5-9-3-2-4-16(20,21)15(8)9/h2-7,14,17-18,20-21H,1H3. The van der Waals surface area contributed by atoms with Crippen molar-refractivity contribution >= 4 is 0 Å². The molecule has 0 amide bonds. The van der Waals surface area contributed by atoms with E-state index in [1.54, 1.807) is 13.0 Å². The Labute approximate surface area is 125 Å². The van der Waals surface area contributed by atoms with Crippen molar-refractivity contribution < 1.29 is 24.8 Å². The van der Waals surface area contributed by atoms with E-state index in [4.69, 9.17) is 4.42 Å². The van der Waals surface area contributed by atoms with E-state index in [9.17, 15) is 25.2 Å². The Morgan fingerprint density at radius 3 is 2.64 bits per heavy atom. The first-order chi connectivity index (χ1) is 10.3. The minimum Gasteiger partial charge on any atom is -0.511 e. The van der Waals surface area contributed by atoms with Crippen molar-refractivity contribution in [3.63, 3.8) is 0 Å². The van der Waals surface area contributed by atoms with Gasteiger partial charge in [0.2, 0.25) is 5.79 Å². The molecule has 0 saturated carbocycles. The maximum atomic E-state index is 11.4. The number of aliphatic hydroxyl groups excluding tert-OH is 1. The van der Waals surface area contributed by atoms with Crippen molar-refractivity contribution in [2.24, 2.45) is 0 Å². The van der Waals surface area contributed by atoms with Gasteiger partial charge in [-0.25, -0.2) is 4.79 Å². The molecule has 6 heteroatoms. The molecule has 1 aromatic rings. The Morgan fingerprint density at radius 2 is 1.95 bits per heavy atom. The number of fused-ring (bicyclic) bond motifs is 1. The van der Waals surface area contributed by atoms with Gasteiger partial charge in [0.1, 0.15) is 17.3 Å². The molecule has 4 N–H and O–H groups in total. The minimum absolute atomic E-state index is 0.0214. The minimum atomic E-state index is -2.18. The molecule has 1 aromatic heterocycles. The Bertz CT molecular complexity index is 819. The van der Waals surface area contributed by atoms with Crippen LogP contribution in [0.5, 0.6) is 5.75 Å². The molecular weight excluding hydrogens is 288 g/mol. The van der Waals surface area contributed by atoms with Gasteiger partial charge < -0.3 is 24.8 Å². The summed E-state index contributed by atoms with van der Waals surface area (Å²) < 4.78 is 5.03. The largest absolute Gasteiger partial charge is 0.511 e. The van der Waals surface area contributed by atoms with E-state index in [1.807, 2.05) is 0 Å². The number of hydrogen-bond acceptors (Lipinski definition) is 6. The van der Waals surface area contributed by atoms with Gasteiger partial charge in [-0.2, -0.15) is 0 Å². The van der Waals surface area contributed by atoms with Gasteiger partial charge in [0.05, 0.1) is 12.0 Å². The predicted molar refractivity (Wildman–Crippen MR) is 77.2 cm³/mol. The molecule has 0 spiro atoms. The molecule has 1 heterocycles. The summed E-state index contributed by atoms with van der Waals surface area (Å²) in [7, 11) is 0. The van der Waals surface area contributed by atoms with Crippen LogP contribution in [0, 0.1) is 0 Å². The van der Waals surface area contributed by atoms with E-state index in [0.717, 1.165) is 6.07 Å². The highest BCUT2D eigenvalue weighted by Gasteiger charge is 2.38. The van der Waals surface area contributed by atoms with E-state index in [1.165, 1.54) is 24.3 Å². The van der Waals surface area contributed by atoms with Gasteiger partial charge in [0, 0.05) is 11.6 Å². The fourth-order valence-corrected chi connectivity index (χ4v) is 2.90. The van der Waals surface area contributed by atoms with Crippen LogP contribution in [0.2, 0.25) is 0 Å². The number of allylic oxidation sites excluding steroid dienone is 4. The Morgan fingerprint density at radius 1 is 1.23 bits per heavy atom. The van der Waals surface area contributed by atoms with E-state index < -0.39 is 17.3 Å². The van der Waals surface area contributed by atoms with Crippen LogP contribution in [0.4, 0.5) is 0 Å². The van der Waals surface area contributed by atoms with Gasteiger partial charge in [0.25, 0.3) is 0 Å². The summed E-state index contributed by atoms with van der Waals surface area (Å²) in [6, 6.07) is 2.12. The number of hydrogen-bond donors (Lipinski definition) is 4. The second kappa shape index (κ2) is 4.72. The molecule has 1 atom stereocenters. The highest BCUT2D eigenvalue weighted by molar-refractivity contribution is 5.59. The van der Waals surface area contributed by atoms with Crippen LogP contribution >= 0.6 is 0 Å². The van der Waals surface area contributed by atoms with Crippen LogP contribution in [0.1, 0.15) is 18.6 Å². The first-order valence-corrected chi connectivity index (χ1v) is 6.60. The van der Waals surface area contributed by atoms with Crippen LogP contribution in [0.15, 0.2) is 68.1 Å². The van der Waals surface area contributed by atoms with Gasteiger partial charge in [-0.15, -0.1) is 0 Å². The summed E-state index contributed by atoms with van der Waals surface area (Å²) in [6.45, 7) is 1.60. The van der Waals surface area contributed by atoms with Gasteiger partial charge in [-0.05, 0) is 30.2 Å². The molecule has 0 bridgehead atoms. The number of rotatable bonds is 1. The molecule has 22 heavy (non-hydrogen) atoms. The van der Waals surface area contributed by atoms with E-state index in [2.05, 4.69) is 0 Å². The van der Waals surface area contributed by atoms with Crippen molar-refractivity contribution in [2.75, 3.05) is 0 Å². The van der Waals surface area contributed by atoms with Crippen molar-refractivity contribution in [3.8, 4) is 5.75 Å². The van der Waals surface area contributed by atoms with Gasteiger partial charge in [0.15, 0.2) is 0 Å². The monoisotopic (exact) mass is 302 g/mol. The maximum absolute atomic E-state index is 11.4. The Hall–Kier alpha value is -2.57. The fourth-order valence-electron chi connectivity index (χ4n) is 2.90. The summed E-state index contributed by atoms with van der Waals surface area (Å²) in [5, 5.41) is 40.0. The van der Waals surface area contributed by atoms with Gasteiger partial charge >= 0.3 is 5.63 Å². The molecule has 2 aliphatic carbocycles. The van der Waals surface area contributed by atoms with Gasteiger partial charge in [-0.3, -0.25) is 0 Å². The zero-order valence-electron chi connectivity index (χ0n) is 11.6. The molecule has 2 aliphatic rings. The Kier molecular flexibility index (Phi) is 3.09. The summed E-state index contributed by atoms with van der Waals surface area (Å²) in [5.74, 6) is -3.44. The quantitative estimate of drug-likeness (QED) is 0.583. The second-order valence-electron chi connectivity index (χ2n) is 5.30. The smallest absolute Gasteiger partial charge is 0.339 e. The molecule has 0 aliphatic heterocycles. The van der Waals surface area contributed by atoms with Crippen LogP contribution in [0.3, 0.4) is 0 Å². The molecule has 0 fully saturated rings. The van der Waals surface area contributed by atoms with E-state index in [-0.39, 0.29) is 22.8 Å². The van der Waals surface area contributed by atoms with Crippen LogP contribution < -0.4 is 5.63 Å². The third kappa shape index (κ3) is 2.18. The summed E-state index contributed by atoms with van der Waals surface area (Å²) in [4.78, 5) is 11.4. The van der Waals surface area contributed by atoms with Crippen molar-refractivity contribution in [3.05, 3.63) is 75.1 Å². The molecule has 1 unspecified atom stereocenters. The van der Waals surface area contributed by atoms with Crippen molar-refractivity contribution in [1.29, 1.82) is 0 Å². The van der Waals surface area contributed by atoms with E-state index >= 15 is 0 Å². The summed E-state index contributed by atoms with van der Waals surface area (Å²) >= 11 is 0. The lowest BCUT2D eigenvalue weighted by Crippen LogP contribution is -2.33. The predicted octanol–water partition coefficient (Wildman–Crippen LogP) is 1.38. The van der Waals surface area contributed by atoms with Gasteiger partial charge in [-0.1, -0.05) is 12.2 Å². The molecule has 114 valence electrons. The normalized spacial score (nSPS) is 23.0. The van der Waals surface area contributed by atoms with Crippen molar-refractivity contribution in [2.45, 2.75) is 18.6 Å². The topological polar surface area (TPSA) is 111 Å². The first kappa shape index (κ1) is 14.4. The average Bonchev–Trinajstić information content (AvgIpc) is 2.35. The van der Waals surface area contributed by atoms with E-state index in [0.29, 0.717) is 11.1 Å². The molecule has 0 aromatic carbocycles. The van der Waals surface area contributed by atoms with Crippen LogP contribution in [0.25, 0.3) is 0 Å². The lowest BCUT2D eigenvalue weighted by molar-refractivity contribution is -0.0840. The molecule has 6 nitrogen and oxygen atoms in total. The zero-order chi connectivity index (χ0) is 16.1.